The fourth-order valence-electron chi connectivity index (χ4n) is 4.27. The number of nitrogens with zero attached hydrogens (tertiary/aromatic N) is 4. The van der Waals surface area contributed by atoms with Crippen LogP contribution in [0.15, 0.2) is 4.52 Å². The lowest BCUT2D eigenvalue weighted by Gasteiger charge is -2.33. The summed E-state index contributed by atoms with van der Waals surface area (Å²) in [4.78, 5) is 33.8. The van der Waals surface area contributed by atoms with Crippen LogP contribution < -0.4 is 5.32 Å². The minimum atomic E-state index is -0.823. The second-order valence-electron chi connectivity index (χ2n) is 10.6. The van der Waals surface area contributed by atoms with E-state index in [1.165, 1.54) is 12.8 Å². The third-order valence-electron chi connectivity index (χ3n) is 6.05. The summed E-state index contributed by atoms with van der Waals surface area (Å²) >= 11 is 0. The van der Waals surface area contributed by atoms with Gasteiger partial charge in [-0.3, -0.25) is 9.69 Å². The monoisotopic (exact) mass is 449 g/mol. The summed E-state index contributed by atoms with van der Waals surface area (Å²) in [5.41, 5.74) is -1.40. The van der Waals surface area contributed by atoms with Gasteiger partial charge in [0.15, 0.2) is 5.82 Å². The molecule has 0 bridgehead atoms. The highest BCUT2D eigenvalue weighted by Gasteiger charge is 2.32. The second kappa shape index (κ2) is 10.2. The van der Waals surface area contributed by atoms with Crippen LogP contribution >= 0.6 is 0 Å². The van der Waals surface area contributed by atoms with Crippen molar-refractivity contribution in [2.45, 2.75) is 90.8 Å². The first-order chi connectivity index (χ1) is 15.0. The Balaban J connectivity index is 1.48. The number of alkyl carbamates (subject to hydrolysis) is 1. The Morgan fingerprint density at radius 3 is 2.25 bits per heavy atom. The molecule has 9 nitrogen and oxygen atoms in total. The highest BCUT2D eigenvalue weighted by atomic mass is 16.6. The van der Waals surface area contributed by atoms with Crippen molar-refractivity contribution in [2.75, 3.05) is 26.2 Å². The van der Waals surface area contributed by atoms with Crippen LogP contribution in [0.2, 0.25) is 0 Å². The number of aromatic nitrogens is 2. The first-order valence-corrected chi connectivity index (χ1v) is 11.9. The smallest absolute Gasteiger partial charge is 0.408 e. The van der Waals surface area contributed by atoms with Crippen molar-refractivity contribution in [2.24, 2.45) is 5.92 Å². The molecule has 2 fully saturated rings. The van der Waals surface area contributed by atoms with Gasteiger partial charge >= 0.3 is 6.09 Å². The maximum Gasteiger partial charge on any atom is 0.408 e. The van der Waals surface area contributed by atoms with Crippen LogP contribution in [0.5, 0.6) is 0 Å². The van der Waals surface area contributed by atoms with E-state index >= 15 is 0 Å². The fourth-order valence-corrected chi connectivity index (χ4v) is 4.27. The zero-order valence-electron chi connectivity index (χ0n) is 20.3. The summed E-state index contributed by atoms with van der Waals surface area (Å²) in [5.74, 6) is 1.38. The van der Waals surface area contributed by atoms with Crippen molar-refractivity contribution < 1.29 is 18.8 Å². The van der Waals surface area contributed by atoms with Gasteiger partial charge in [0.1, 0.15) is 11.1 Å². The van der Waals surface area contributed by atoms with E-state index in [1.807, 2.05) is 34.6 Å². The predicted molar refractivity (Wildman–Crippen MR) is 120 cm³/mol. The number of nitrogens with one attached hydrogen (secondary N) is 1. The molecule has 1 aromatic rings. The lowest BCUT2D eigenvalue weighted by Crippen LogP contribution is -2.44. The molecule has 0 saturated carbocycles. The molecule has 0 unspecified atom stereocenters. The van der Waals surface area contributed by atoms with Crippen molar-refractivity contribution >= 4 is 12.0 Å². The van der Waals surface area contributed by atoms with Gasteiger partial charge in [0, 0.05) is 19.0 Å². The van der Waals surface area contributed by atoms with Gasteiger partial charge in [0.05, 0.1) is 6.54 Å². The molecular formula is C23H39N5O4. The van der Waals surface area contributed by atoms with Gasteiger partial charge in [-0.15, -0.1) is 0 Å². The average molecular weight is 450 g/mol. The molecule has 3 rings (SSSR count). The molecule has 9 heteroatoms. The van der Waals surface area contributed by atoms with E-state index in [0.717, 1.165) is 51.9 Å². The zero-order valence-corrected chi connectivity index (χ0v) is 20.3. The van der Waals surface area contributed by atoms with Gasteiger partial charge in [-0.1, -0.05) is 18.0 Å². The number of hydrogen-bond acceptors (Lipinski definition) is 7. The van der Waals surface area contributed by atoms with Crippen molar-refractivity contribution in [3.05, 3.63) is 11.7 Å². The number of carbonyl (C=O) groups excluding carboxylic acids is 2. The fraction of sp³-hybridized carbons (Fsp3) is 0.826. The standard InChI is InChI=1S/C23H39N5O4/c1-22(2,3)31-21(30)25-23(4,5)20-24-18(32-26-20)16-27-14-10-17(11-15-27)19(29)28-12-8-6-7-9-13-28/h17H,6-16H2,1-5H3,(H,25,30). The highest BCUT2D eigenvalue weighted by Crippen LogP contribution is 2.24. The van der Waals surface area contributed by atoms with E-state index in [1.54, 1.807) is 0 Å². The lowest BCUT2D eigenvalue weighted by molar-refractivity contribution is -0.137. The van der Waals surface area contributed by atoms with Crippen molar-refractivity contribution in [1.29, 1.82) is 0 Å². The number of carbonyl (C=O) groups is 2. The van der Waals surface area contributed by atoms with Crippen LogP contribution in [0.3, 0.4) is 0 Å². The van der Waals surface area contributed by atoms with Gasteiger partial charge in [-0.25, -0.2) is 4.79 Å². The molecule has 3 heterocycles. The van der Waals surface area contributed by atoms with Crippen LogP contribution in [0.1, 0.15) is 84.9 Å². The van der Waals surface area contributed by atoms with Crippen LogP contribution in [-0.2, 0) is 21.6 Å². The maximum atomic E-state index is 12.9. The summed E-state index contributed by atoms with van der Waals surface area (Å²) in [6.07, 6.45) is 5.93. The number of rotatable bonds is 5. The first kappa shape index (κ1) is 24.5. The van der Waals surface area contributed by atoms with Crippen molar-refractivity contribution in [3.63, 3.8) is 0 Å². The van der Waals surface area contributed by atoms with Crippen molar-refractivity contribution in [1.82, 2.24) is 25.3 Å². The molecule has 0 spiro atoms. The van der Waals surface area contributed by atoms with E-state index in [4.69, 9.17) is 9.26 Å². The third kappa shape index (κ3) is 6.92. The molecule has 180 valence electrons. The molecule has 0 atom stereocenters. The van der Waals surface area contributed by atoms with Gasteiger partial charge in [-0.2, -0.15) is 4.98 Å². The normalized spacial score (nSPS) is 19.5. The molecule has 2 saturated heterocycles. The minimum Gasteiger partial charge on any atom is -0.444 e. The maximum absolute atomic E-state index is 12.9. The molecule has 32 heavy (non-hydrogen) atoms. The SMILES string of the molecule is CC(C)(C)OC(=O)NC(C)(C)c1noc(CN2CCC(C(=O)N3CCCCCC3)CC2)n1. The van der Waals surface area contributed by atoms with E-state index in [2.05, 4.69) is 25.3 Å². The molecule has 0 aliphatic carbocycles. The Labute approximate surface area is 191 Å². The predicted octanol–water partition coefficient (Wildman–Crippen LogP) is 3.44. The van der Waals surface area contributed by atoms with Crippen LogP contribution in [0, 0.1) is 5.92 Å². The van der Waals surface area contributed by atoms with Gasteiger partial charge in [-0.05, 0) is 73.4 Å². The summed E-state index contributed by atoms with van der Waals surface area (Å²) in [6.45, 7) is 13.1. The largest absolute Gasteiger partial charge is 0.444 e. The van der Waals surface area contributed by atoms with Crippen LogP contribution in [-0.4, -0.2) is 63.7 Å². The Hall–Kier alpha value is -2.16. The highest BCUT2D eigenvalue weighted by molar-refractivity contribution is 5.79. The quantitative estimate of drug-likeness (QED) is 0.735. The first-order valence-electron chi connectivity index (χ1n) is 11.9. The number of amides is 2. The number of piperidine rings is 1. The van der Waals surface area contributed by atoms with E-state index in [-0.39, 0.29) is 5.92 Å². The third-order valence-corrected chi connectivity index (χ3v) is 6.05. The Morgan fingerprint density at radius 2 is 1.66 bits per heavy atom. The van der Waals surface area contributed by atoms with Crippen LogP contribution in [0.4, 0.5) is 4.79 Å². The zero-order chi connectivity index (χ0) is 23.4. The molecule has 1 N–H and O–H groups in total. The summed E-state index contributed by atoms with van der Waals surface area (Å²) in [7, 11) is 0. The van der Waals surface area contributed by atoms with E-state index in [9.17, 15) is 9.59 Å². The van der Waals surface area contributed by atoms with Gasteiger partial charge in [0.2, 0.25) is 11.8 Å². The molecular weight excluding hydrogens is 410 g/mol. The number of hydrogen-bond donors (Lipinski definition) is 1. The number of ether oxygens (including phenoxy) is 1. The van der Waals surface area contributed by atoms with Gasteiger partial charge < -0.3 is 19.5 Å². The van der Waals surface area contributed by atoms with Crippen molar-refractivity contribution in [3.8, 4) is 0 Å². The van der Waals surface area contributed by atoms with Gasteiger partial charge in [0.25, 0.3) is 0 Å². The lowest BCUT2D eigenvalue weighted by atomic mass is 9.95. The number of likely N-dealkylation sites (tertiary alicyclic amines) is 2. The molecule has 1 aromatic heterocycles. The topological polar surface area (TPSA) is 101 Å². The van der Waals surface area contributed by atoms with E-state index in [0.29, 0.717) is 24.2 Å². The Morgan fingerprint density at radius 1 is 1.03 bits per heavy atom. The summed E-state index contributed by atoms with van der Waals surface area (Å²) in [6, 6.07) is 0. The van der Waals surface area contributed by atoms with E-state index < -0.39 is 17.2 Å². The second-order valence-corrected chi connectivity index (χ2v) is 10.6. The molecule has 2 aliphatic rings. The summed E-state index contributed by atoms with van der Waals surface area (Å²) in [5, 5.41) is 6.87. The molecule has 0 aromatic carbocycles. The molecule has 2 aliphatic heterocycles. The average Bonchev–Trinajstić information content (AvgIpc) is 3.00. The minimum absolute atomic E-state index is 0.125. The Bertz CT molecular complexity index is 770. The Kier molecular flexibility index (Phi) is 7.79. The molecule has 0 radical (unpaired) electrons. The molecule has 2 amide bonds. The summed E-state index contributed by atoms with van der Waals surface area (Å²) < 4.78 is 10.8. The van der Waals surface area contributed by atoms with Crippen LogP contribution in [0.25, 0.3) is 0 Å².